The van der Waals surface area contributed by atoms with Crippen molar-refractivity contribution < 1.29 is 9.66 Å². The van der Waals surface area contributed by atoms with Crippen LogP contribution in [0.2, 0.25) is 10.0 Å². The molecule has 7 heteroatoms. The molecule has 5 nitrogen and oxygen atoms in total. The largest absolute Gasteiger partial charge is 0.454 e. The van der Waals surface area contributed by atoms with E-state index in [2.05, 4.69) is 0 Å². The molecule has 0 aliphatic carbocycles. The van der Waals surface area contributed by atoms with Crippen LogP contribution in [0.5, 0.6) is 11.5 Å². The van der Waals surface area contributed by atoms with E-state index >= 15 is 0 Å². The van der Waals surface area contributed by atoms with Gasteiger partial charge in [0.1, 0.15) is 5.75 Å². The van der Waals surface area contributed by atoms with Gasteiger partial charge in [0.2, 0.25) is 0 Å². The summed E-state index contributed by atoms with van der Waals surface area (Å²) in [5, 5.41) is 11.2. The van der Waals surface area contributed by atoms with E-state index in [1.807, 2.05) is 0 Å². The van der Waals surface area contributed by atoms with E-state index in [0.29, 0.717) is 16.5 Å². The lowest BCUT2D eigenvalue weighted by Gasteiger charge is -2.09. The maximum absolute atomic E-state index is 10.6. The van der Waals surface area contributed by atoms with Gasteiger partial charge in [0, 0.05) is 23.2 Å². The summed E-state index contributed by atoms with van der Waals surface area (Å²) < 4.78 is 5.49. The third-order valence-corrected chi connectivity index (χ3v) is 2.85. The minimum Gasteiger partial charge on any atom is -0.454 e. The first kappa shape index (κ1) is 13.5. The van der Waals surface area contributed by atoms with E-state index in [1.54, 1.807) is 12.1 Å². The highest BCUT2D eigenvalue weighted by Gasteiger charge is 2.12. The number of hydrogen-bond donors (Lipinski definition) is 1. The van der Waals surface area contributed by atoms with Gasteiger partial charge >= 0.3 is 0 Å². The predicted molar refractivity (Wildman–Crippen MR) is 74.0 cm³/mol. The van der Waals surface area contributed by atoms with Gasteiger partial charge in [0.15, 0.2) is 5.75 Å². The minimum absolute atomic E-state index is 0.114. The highest BCUT2D eigenvalue weighted by atomic mass is 35.5. The number of non-ortho nitro benzene ring substituents is 1. The lowest BCUT2D eigenvalue weighted by molar-refractivity contribution is -0.384. The Kier molecular flexibility index (Phi) is 3.78. The Morgan fingerprint density at radius 3 is 2.47 bits per heavy atom. The van der Waals surface area contributed by atoms with Gasteiger partial charge in [0.25, 0.3) is 5.69 Å². The Balaban J connectivity index is 2.33. The fraction of sp³-hybridized carbons (Fsp3) is 0. The Morgan fingerprint density at radius 2 is 1.84 bits per heavy atom. The van der Waals surface area contributed by atoms with Crippen LogP contribution in [0.1, 0.15) is 0 Å². The standard InChI is InChI=1S/C12H8Cl2N2O3/c13-7-1-3-10(15)12(5-7)19-11-4-2-8(16(17)18)6-9(11)14/h1-6H,15H2. The number of halogens is 2. The molecule has 0 aliphatic heterocycles. The van der Waals surface area contributed by atoms with Gasteiger partial charge in [-0.15, -0.1) is 0 Å². The molecule has 2 aromatic carbocycles. The molecule has 0 heterocycles. The summed E-state index contributed by atoms with van der Waals surface area (Å²) in [5.74, 6) is 0.601. The fourth-order valence-electron chi connectivity index (χ4n) is 1.40. The van der Waals surface area contributed by atoms with E-state index in [9.17, 15) is 10.1 Å². The molecule has 0 fully saturated rings. The summed E-state index contributed by atoms with van der Waals surface area (Å²) in [7, 11) is 0. The van der Waals surface area contributed by atoms with Crippen LogP contribution in [0, 0.1) is 10.1 Å². The van der Waals surface area contributed by atoms with Crippen molar-refractivity contribution in [3.63, 3.8) is 0 Å². The zero-order valence-electron chi connectivity index (χ0n) is 9.47. The molecule has 0 amide bonds. The molecule has 0 bridgehead atoms. The van der Waals surface area contributed by atoms with Crippen LogP contribution in [0.15, 0.2) is 36.4 Å². The number of hydrogen-bond acceptors (Lipinski definition) is 4. The Hall–Kier alpha value is -1.98. The van der Waals surface area contributed by atoms with Gasteiger partial charge in [-0.2, -0.15) is 0 Å². The monoisotopic (exact) mass is 298 g/mol. The van der Waals surface area contributed by atoms with Crippen LogP contribution < -0.4 is 10.5 Å². The maximum Gasteiger partial charge on any atom is 0.271 e. The molecule has 2 N–H and O–H groups in total. The van der Waals surface area contributed by atoms with Gasteiger partial charge in [0.05, 0.1) is 15.6 Å². The second kappa shape index (κ2) is 5.34. The average Bonchev–Trinajstić information content (AvgIpc) is 2.36. The van der Waals surface area contributed by atoms with Gasteiger partial charge in [-0.1, -0.05) is 23.2 Å². The van der Waals surface area contributed by atoms with E-state index in [4.69, 9.17) is 33.7 Å². The molecule has 0 atom stereocenters. The smallest absolute Gasteiger partial charge is 0.271 e. The third-order valence-electron chi connectivity index (χ3n) is 2.32. The molecule has 0 saturated heterocycles. The molecule has 2 aromatic rings. The average molecular weight is 299 g/mol. The van der Waals surface area contributed by atoms with Gasteiger partial charge in [-0.3, -0.25) is 10.1 Å². The summed E-state index contributed by atoms with van der Waals surface area (Å²) in [6.07, 6.45) is 0. The highest BCUT2D eigenvalue weighted by Crippen LogP contribution is 2.35. The number of anilines is 1. The van der Waals surface area contributed by atoms with Crippen LogP contribution >= 0.6 is 23.2 Å². The number of nitrogens with two attached hydrogens (primary N) is 1. The normalized spacial score (nSPS) is 10.2. The molecule has 0 unspecified atom stereocenters. The van der Waals surface area contributed by atoms with Crippen molar-refractivity contribution in [3.8, 4) is 11.5 Å². The predicted octanol–water partition coefficient (Wildman–Crippen LogP) is 4.28. The van der Waals surface area contributed by atoms with E-state index in [-0.39, 0.29) is 16.5 Å². The number of rotatable bonds is 3. The third kappa shape index (κ3) is 3.07. The van der Waals surface area contributed by atoms with E-state index in [1.165, 1.54) is 24.3 Å². The van der Waals surface area contributed by atoms with Crippen LogP contribution in [-0.4, -0.2) is 4.92 Å². The number of ether oxygens (including phenoxy) is 1. The molecule has 0 aromatic heterocycles. The van der Waals surface area contributed by atoms with Gasteiger partial charge in [-0.25, -0.2) is 0 Å². The van der Waals surface area contributed by atoms with Crippen molar-refractivity contribution in [2.75, 3.05) is 5.73 Å². The zero-order chi connectivity index (χ0) is 14.0. The zero-order valence-corrected chi connectivity index (χ0v) is 11.0. The fourth-order valence-corrected chi connectivity index (χ4v) is 1.78. The molecular formula is C12H8Cl2N2O3. The van der Waals surface area contributed by atoms with Crippen molar-refractivity contribution in [1.29, 1.82) is 0 Å². The SMILES string of the molecule is Nc1ccc(Cl)cc1Oc1ccc([N+](=O)[O-])cc1Cl. The second-order valence-corrected chi connectivity index (χ2v) is 4.50. The molecule has 2 rings (SSSR count). The minimum atomic E-state index is -0.538. The van der Waals surface area contributed by atoms with Crippen LogP contribution in [0.4, 0.5) is 11.4 Å². The molecular weight excluding hydrogens is 291 g/mol. The maximum atomic E-state index is 10.6. The first-order chi connectivity index (χ1) is 8.97. The lowest BCUT2D eigenvalue weighted by Crippen LogP contribution is -1.93. The molecule has 0 saturated carbocycles. The molecule has 98 valence electrons. The van der Waals surface area contributed by atoms with Crippen molar-refractivity contribution in [3.05, 3.63) is 56.6 Å². The number of nitro groups is 1. The van der Waals surface area contributed by atoms with Crippen molar-refractivity contribution >= 4 is 34.6 Å². The number of nitrogens with zero attached hydrogens (tertiary/aromatic N) is 1. The summed E-state index contributed by atoms with van der Waals surface area (Å²) in [4.78, 5) is 10.1. The Labute approximate surface area is 118 Å². The van der Waals surface area contributed by atoms with Crippen LogP contribution in [-0.2, 0) is 0 Å². The summed E-state index contributed by atoms with van der Waals surface area (Å²) in [6, 6.07) is 8.66. The van der Waals surface area contributed by atoms with Crippen LogP contribution in [0.25, 0.3) is 0 Å². The topological polar surface area (TPSA) is 78.4 Å². The van der Waals surface area contributed by atoms with Crippen molar-refractivity contribution in [2.24, 2.45) is 0 Å². The summed E-state index contributed by atoms with van der Waals surface area (Å²) in [6.45, 7) is 0. The summed E-state index contributed by atoms with van der Waals surface area (Å²) >= 11 is 11.7. The molecule has 0 spiro atoms. The first-order valence-corrected chi connectivity index (χ1v) is 5.90. The van der Waals surface area contributed by atoms with Crippen molar-refractivity contribution in [2.45, 2.75) is 0 Å². The van der Waals surface area contributed by atoms with E-state index in [0.717, 1.165) is 0 Å². The molecule has 0 radical (unpaired) electrons. The van der Waals surface area contributed by atoms with Crippen LogP contribution in [0.3, 0.4) is 0 Å². The number of benzene rings is 2. The van der Waals surface area contributed by atoms with Gasteiger partial charge in [-0.05, 0) is 18.2 Å². The number of nitrogen functional groups attached to an aromatic ring is 1. The molecule has 19 heavy (non-hydrogen) atoms. The van der Waals surface area contributed by atoms with E-state index < -0.39 is 4.92 Å². The number of nitro benzene ring substituents is 1. The highest BCUT2D eigenvalue weighted by molar-refractivity contribution is 6.32. The Morgan fingerprint density at radius 1 is 1.11 bits per heavy atom. The van der Waals surface area contributed by atoms with Crippen molar-refractivity contribution in [1.82, 2.24) is 0 Å². The quantitative estimate of drug-likeness (QED) is 0.521. The second-order valence-electron chi connectivity index (χ2n) is 3.66. The lowest BCUT2D eigenvalue weighted by atomic mass is 10.3. The summed E-state index contributed by atoms with van der Waals surface area (Å²) in [5.41, 5.74) is 6.00. The first-order valence-electron chi connectivity index (χ1n) is 5.14. The molecule has 0 aliphatic rings. The van der Waals surface area contributed by atoms with Gasteiger partial charge < -0.3 is 10.5 Å². The Bertz CT molecular complexity index is 647.